The molecule has 1 aromatic heterocycles. The zero-order valence-electron chi connectivity index (χ0n) is 9.98. The predicted molar refractivity (Wildman–Crippen MR) is 83.1 cm³/mol. The molecule has 0 saturated carbocycles. The molecule has 1 heterocycles. The minimum atomic E-state index is -0.202. The number of thioether (sulfide) groups is 1. The van der Waals surface area contributed by atoms with Crippen LogP contribution in [0.25, 0.3) is 0 Å². The first-order valence-corrected chi connectivity index (χ1v) is 7.77. The van der Waals surface area contributed by atoms with E-state index in [0.29, 0.717) is 11.3 Å². The SMILES string of the molecule is CSc1ccccc1C(=O)Nc1cc(Br)cnc1Cl. The number of hydrogen-bond acceptors (Lipinski definition) is 3. The summed E-state index contributed by atoms with van der Waals surface area (Å²) in [4.78, 5) is 17.1. The molecular formula is C13H10BrClN2OS. The van der Waals surface area contributed by atoms with Gasteiger partial charge >= 0.3 is 0 Å². The van der Waals surface area contributed by atoms with Crippen molar-refractivity contribution in [2.24, 2.45) is 0 Å². The van der Waals surface area contributed by atoms with Crippen LogP contribution in [0.5, 0.6) is 0 Å². The Morgan fingerprint density at radius 1 is 1.42 bits per heavy atom. The van der Waals surface area contributed by atoms with Crippen molar-refractivity contribution in [3.05, 3.63) is 51.7 Å². The maximum absolute atomic E-state index is 12.2. The van der Waals surface area contributed by atoms with Gasteiger partial charge in [-0.1, -0.05) is 23.7 Å². The second kappa shape index (κ2) is 6.41. The highest BCUT2D eigenvalue weighted by Gasteiger charge is 2.12. The minimum Gasteiger partial charge on any atom is -0.319 e. The summed E-state index contributed by atoms with van der Waals surface area (Å²) in [7, 11) is 0. The number of rotatable bonds is 3. The van der Waals surface area contributed by atoms with Crippen LogP contribution in [-0.4, -0.2) is 17.1 Å². The van der Waals surface area contributed by atoms with Crippen LogP contribution < -0.4 is 5.32 Å². The molecule has 1 amide bonds. The van der Waals surface area contributed by atoms with Crippen molar-refractivity contribution in [3.63, 3.8) is 0 Å². The van der Waals surface area contributed by atoms with Gasteiger partial charge in [-0.15, -0.1) is 11.8 Å². The van der Waals surface area contributed by atoms with Crippen LogP contribution in [0, 0.1) is 0 Å². The lowest BCUT2D eigenvalue weighted by Gasteiger charge is -2.09. The number of amides is 1. The van der Waals surface area contributed by atoms with Crippen molar-refractivity contribution < 1.29 is 4.79 Å². The monoisotopic (exact) mass is 356 g/mol. The van der Waals surface area contributed by atoms with Crippen molar-refractivity contribution in [1.29, 1.82) is 0 Å². The van der Waals surface area contributed by atoms with Crippen LogP contribution in [0.3, 0.4) is 0 Å². The third-order valence-electron chi connectivity index (χ3n) is 2.41. The van der Waals surface area contributed by atoms with E-state index in [9.17, 15) is 4.79 Å². The Morgan fingerprint density at radius 3 is 2.89 bits per heavy atom. The number of pyridine rings is 1. The van der Waals surface area contributed by atoms with Gasteiger partial charge < -0.3 is 5.32 Å². The zero-order chi connectivity index (χ0) is 13.8. The largest absolute Gasteiger partial charge is 0.319 e. The number of carbonyl (C=O) groups is 1. The van der Waals surface area contributed by atoms with Crippen molar-refractivity contribution in [1.82, 2.24) is 4.98 Å². The number of hydrogen-bond donors (Lipinski definition) is 1. The summed E-state index contributed by atoms with van der Waals surface area (Å²) < 4.78 is 0.755. The standard InChI is InChI=1S/C13H10BrClN2OS/c1-19-11-5-3-2-4-9(11)13(18)17-10-6-8(14)7-16-12(10)15/h2-7H,1H3,(H,17,18). The molecule has 0 saturated heterocycles. The van der Waals surface area contributed by atoms with Crippen LogP contribution in [0.15, 0.2) is 45.9 Å². The smallest absolute Gasteiger partial charge is 0.256 e. The molecule has 1 N–H and O–H groups in total. The van der Waals surface area contributed by atoms with E-state index in [0.717, 1.165) is 9.37 Å². The van der Waals surface area contributed by atoms with Gasteiger partial charge in [0.15, 0.2) is 5.15 Å². The lowest BCUT2D eigenvalue weighted by molar-refractivity contribution is 0.102. The summed E-state index contributed by atoms with van der Waals surface area (Å²) in [5.74, 6) is -0.202. The minimum absolute atomic E-state index is 0.202. The molecule has 0 aliphatic rings. The first kappa shape index (κ1) is 14.4. The average molecular weight is 358 g/mol. The summed E-state index contributed by atoms with van der Waals surface area (Å²) in [6.07, 6.45) is 3.51. The summed E-state index contributed by atoms with van der Waals surface area (Å²) in [6, 6.07) is 9.13. The second-order valence-corrected chi connectivity index (χ2v) is 5.77. The van der Waals surface area contributed by atoms with E-state index in [1.54, 1.807) is 18.3 Å². The van der Waals surface area contributed by atoms with Crippen LogP contribution in [0.4, 0.5) is 5.69 Å². The van der Waals surface area contributed by atoms with E-state index in [1.807, 2.05) is 24.5 Å². The molecule has 0 bridgehead atoms. The molecular weight excluding hydrogens is 348 g/mol. The fraction of sp³-hybridized carbons (Fsp3) is 0.0769. The molecule has 0 aliphatic heterocycles. The molecule has 0 fully saturated rings. The second-order valence-electron chi connectivity index (χ2n) is 3.65. The molecule has 0 aliphatic carbocycles. The fourth-order valence-corrected chi connectivity index (χ4v) is 2.61. The summed E-state index contributed by atoms with van der Waals surface area (Å²) in [5, 5.41) is 3.03. The summed E-state index contributed by atoms with van der Waals surface area (Å²) in [6.45, 7) is 0. The Bertz CT molecular complexity index is 621. The average Bonchev–Trinajstić information content (AvgIpc) is 2.42. The number of benzene rings is 1. The number of nitrogens with one attached hydrogen (secondary N) is 1. The molecule has 0 atom stereocenters. The lowest BCUT2D eigenvalue weighted by Crippen LogP contribution is -2.13. The Hall–Kier alpha value is -1.04. The number of carbonyl (C=O) groups excluding carboxylic acids is 1. The molecule has 6 heteroatoms. The van der Waals surface area contributed by atoms with E-state index in [1.165, 1.54) is 11.8 Å². The van der Waals surface area contributed by atoms with Gasteiger partial charge in [-0.25, -0.2) is 4.98 Å². The van der Waals surface area contributed by atoms with E-state index >= 15 is 0 Å². The van der Waals surface area contributed by atoms with E-state index in [2.05, 4.69) is 26.2 Å². The van der Waals surface area contributed by atoms with Crippen molar-refractivity contribution in [2.45, 2.75) is 4.90 Å². The first-order valence-electron chi connectivity index (χ1n) is 5.37. The van der Waals surface area contributed by atoms with E-state index < -0.39 is 0 Å². The van der Waals surface area contributed by atoms with E-state index in [4.69, 9.17) is 11.6 Å². The first-order chi connectivity index (χ1) is 9.11. The van der Waals surface area contributed by atoms with E-state index in [-0.39, 0.29) is 11.1 Å². The van der Waals surface area contributed by atoms with Gasteiger partial charge in [0.2, 0.25) is 0 Å². The maximum Gasteiger partial charge on any atom is 0.256 e. The van der Waals surface area contributed by atoms with Crippen LogP contribution in [-0.2, 0) is 0 Å². The van der Waals surface area contributed by atoms with Crippen molar-refractivity contribution in [2.75, 3.05) is 11.6 Å². The Kier molecular flexibility index (Phi) is 4.85. The van der Waals surface area contributed by atoms with Gasteiger partial charge in [-0.2, -0.15) is 0 Å². The zero-order valence-corrected chi connectivity index (χ0v) is 13.1. The Morgan fingerprint density at radius 2 is 2.16 bits per heavy atom. The quantitative estimate of drug-likeness (QED) is 0.651. The number of nitrogens with zero attached hydrogens (tertiary/aromatic N) is 1. The number of halogens is 2. The predicted octanol–water partition coefficient (Wildman–Crippen LogP) is 4.47. The fourth-order valence-electron chi connectivity index (χ4n) is 1.53. The molecule has 2 rings (SSSR count). The molecule has 0 spiro atoms. The van der Waals surface area contributed by atoms with Gasteiger partial charge in [0.25, 0.3) is 5.91 Å². The van der Waals surface area contributed by atoms with Gasteiger partial charge in [0, 0.05) is 15.6 Å². The number of anilines is 1. The number of aromatic nitrogens is 1. The third kappa shape index (κ3) is 3.49. The molecule has 0 radical (unpaired) electrons. The molecule has 0 unspecified atom stereocenters. The molecule has 98 valence electrons. The summed E-state index contributed by atoms with van der Waals surface area (Å²) >= 11 is 10.8. The highest BCUT2D eigenvalue weighted by atomic mass is 79.9. The molecule has 19 heavy (non-hydrogen) atoms. The maximum atomic E-state index is 12.2. The van der Waals surface area contributed by atoms with Crippen LogP contribution in [0.2, 0.25) is 5.15 Å². The van der Waals surface area contributed by atoms with Gasteiger partial charge in [0.1, 0.15) is 0 Å². The highest BCUT2D eigenvalue weighted by Crippen LogP contribution is 2.25. The topological polar surface area (TPSA) is 42.0 Å². The molecule has 2 aromatic rings. The highest BCUT2D eigenvalue weighted by molar-refractivity contribution is 9.10. The third-order valence-corrected chi connectivity index (χ3v) is 3.94. The Labute approximate surface area is 128 Å². The van der Waals surface area contributed by atoms with Crippen molar-refractivity contribution >= 4 is 50.9 Å². The van der Waals surface area contributed by atoms with Crippen molar-refractivity contribution in [3.8, 4) is 0 Å². The van der Waals surface area contributed by atoms with Crippen LogP contribution in [0.1, 0.15) is 10.4 Å². The molecule has 1 aromatic carbocycles. The van der Waals surface area contributed by atoms with Crippen LogP contribution >= 0.6 is 39.3 Å². The van der Waals surface area contributed by atoms with Gasteiger partial charge in [0.05, 0.1) is 11.3 Å². The molecule has 3 nitrogen and oxygen atoms in total. The summed E-state index contributed by atoms with van der Waals surface area (Å²) in [5.41, 5.74) is 1.10. The normalized spacial score (nSPS) is 10.3. The Balaban J connectivity index is 2.28. The van der Waals surface area contributed by atoms with Gasteiger partial charge in [-0.05, 0) is 40.4 Å². The van der Waals surface area contributed by atoms with Gasteiger partial charge in [-0.3, -0.25) is 4.79 Å². The lowest BCUT2D eigenvalue weighted by atomic mass is 10.2.